The van der Waals surface area contributed by atoms with E-state index in [2.05, 4.69) is 4.74 Å². The fourth-order valence-electron chi connectivity index (χ4n) is 2.20. The molecule has 0 aliphatic rings. The van der Waals surface area contributed by atoms with Crippen LogP contribution in [0.1, 0.15) is 17.5 Å². The molecule has 23 heavy (non-hydrogen) atoms. The zero-order chi connectivity index (χ0) is 16.8. The molecule has 0 saturated heterocycles. The standard InChI is InChI=1S/C18H17F2NO2/c1-23-18(22)17(21)10-9-14(12-5-3-2-4-6-12)15-8-7-13(19)11-16(15)20/h2-9,11,17H,10,21H2,1H3/b14-9+. The Kier molecular flexibility index (Phi) is 5.60. The lowest BCUT2D eigenvalue weighted by atomic mass is 9.95. The number of hydrogen-bond donors (Lipinski definition) is 1. The zero-order valence-corrected chi connectivity index (χ0v) is 12.6. The summed E-state index contributed by atoms with van der Waals surface area (Å²) in [4.78, 5) is 11.4. The number of carbonyl (C=O) groups is 1. The molecule has 0 fully saturated rings. The Morgan fingerprint density at radius 1 is 1.22 bits per heavy atom. The average molecular weight is 317 g/mol. The summed E-state index contributed by atoms with van der Waals surface area (Å²) in [5.41, 5.74) is 7.26. The largest absolute Gasteiger partial charge is 0.468 e. The van der Waals surface area contributed by atoms with Crippen molar-refractivity contribution in [3.63, 3.8) is 0 Å². The SMILES string of the molecule is COC(=O)C(N)C/C=C(\c1ccccc1)c1ccc(F)cc1F. The molecule has 0 aromatic heterocycles. The minimum absolute atomic E-state index is 0.174. The molecule has 2 N–H and O–H groups in total. The van der Waals surface area contributed by atoms with Crippen LogP contribution in [-0.4, -0.2) is 19.1 Å². The number of nitrogens with two attached hydrogens (primary N) is 1. The van der Waals surface area contributed by atoms with E-state index in [1.54, 1.807) is 18.2 Å². The van der Waals surface area contributed by atoms with Crippen LogP contribution < -0.4 is 5.73 Å². The third kappa shape index (κ3) is 4.23. The molecular weight excluding hydrogens is 300 g/mol. The number of rotatable bonds is 5. The number of benzene rings is 2. The van der Waals surface area contributed by atoms with E-state index in [1.807, 2.05) is 18.2 Å². The molecule has 2 rings (SSSR count). The van der Waals surface area contributed by atoms with Crippen molar-refractivity contribution in [1.29, 1.82) is 0 Å². The van der Waals surface area contributed by atoms with Gasteiger partial charge in [0.2, 0.25) is 0 Å². The van der Waals surface area contributed by atoms with E-state index >= 15 is 0 Å². The highest BCUT2D eigenvalue weighted by Gasteiger charge is 2.15. The van der Waals surface area contributed by atoms with Gasteiger partial charge in [-0.2, -0.15) is 0 Å². The Morgan fingerprint density at radius 2 is 1.91 bits per heavy atom. The number of carbonyl (C=O) groups excluding carboxylic acids is 1. The lowest BCUT2D eigenvalue weighted by molar-refractivity contribution is -0.142. The van der Waals surface area contributed by atoms with Crippen LogP contribution in [0.25, 0.3) is 5.57 Å². The van der Waals surface area contributed by atoms with Crippen LogP contribution in [0.2, 0.25) is 0 Å². The second kappa shape index (κ2) is 7.65. The van der Waals surface area contributed by atoms with Crippen molar-refractivity contribution in [1.82, 2.24) is 0 Å². The fraction of sp³-hybridized carbons (Fsp3) is 0.167. The monoisotopic (exact) mass is 317 g/mol. The maximum atomic E-state index is 14.1. The predicted octanol–water partition coefficient (Wildman–Crippen LogP) is 3.29. The molecule has 0 aliphatic heterocycles. The number of esters is 1. The summed E-state index contributed by atoms with van der Waals surface area (Å²) in [6.07, 6.45) is 1.83. The Labute approximate surface area is 133 Å². The van der Waals surface area contributed by atoms with Gasteiger partial charge in [-0.25, -0.2) is 8.78 Å². The quantitative estimate of drug-likeness (QED) is 0.861. The van der Waals surface area contributed by atoms with Gasteiger partial charge in [-0.15, -0.1) is 0 Å². The fourth-order valence-corrected chi connectivity index (χ4v) is 2.20. The molecule has 0 bridgehead atoms. The highest BCUT2D eigenvalue weighted by atomic mass is 19.1. The van der Waals surface area contributed by atoms with Gasteiger partial charge in [-0.05, 0) is 29.7 Å². The Morgan fingerprint density at radius 3 is 2.52 bits per heavy atom. The number of methoxy groups -OCH3 is 1. The Bertz CT molecular complexity index is 714. The van der Waals surface area contributed by atoms with E-state index in [0.717, 1.165) is 11.6 Å². The molecule has 3 nitrogen and oxygen atoms in total. The maximum Gasteiger partial charge on any atom is 0.322 e. The molecule has 0 spiro atoms. The number of ether oxygens (including phenoxy) is 1. The lowest BCUT2D eigenvalue weighted by Crippen LogP contribution is -2.30. The maximum absolute atomic E-state index is 14.1. The van der Waals surface area contributed by atoms with Crippen LogP contribution in [0.5, 0.6) is 0 Å². The normalized spacial score (nSPS) is 12.8. The minimum Gasteiger partial charge on any atom is -0.468 e. The van der Waals surface area contributed by atoms with Crippen molar-refractivity contribution in [2.45, 2.75) is 12.5 Å². The van der Waals surface area contributed by atoms with Crippen molar-refractivity contribution in [2.75, 3.05) is 7.11 Å². The molecule has 2 aromatic carbocycles. The van der Waals surface area contributed by atoms with Crippen LogP contribution >= 0.6 is 0 Å². The Hall–Kier alpha value is -2.53. The van der Waals surface area contributed by atoms with Gasteiger partial charge in [0, 0.05) is 11.6 Å². The van der Waals surface area contributed by atoms with Gasteiger partial charge in [0.05, 0.1) is 7.11 Å². The Balaban J connectivity index is 2.42. The summed E-state index contributed by atoms with van der Waals surface area (Å²) >= 11 is 0. The van der Waals surface area contributed by atoms with Crippen LogP contribution in [0.15, 0.2) is 54.6 Å². The van der Waals surface area contributed by atoms with E-state index in [1.165, 1.54) is 19.2 Å². The van der Waals surface area contributed by atoms with E-state index in [0.29, 0.717) is 5.57 Å². The van der Waals surface area contributed by atoms with Crippen LogP contribution in [0.4, 0.5) is 8.78 Å². The van der Waals surface area contributed by atoms with Crippen molar-refractivity contribution >= 4 is 11.5 Å². The second-order valence-corrected chi connectivity index (χ2v) is 4.97. The van der Waals surface area contributed by atoms with Crippen molar-refractivity contribution < 1.29 is 18.3 Å². The molecule has 5 heteroatoms. The van der Waals surface area contributed by atoms with Crippen molar-refractivity contribution in [3.05, 3.63) is 77.4 Å². The summed E-state index contributed by atoms with van der Waals surface area (Å²) in [6, 6.07) is 11.6. The van der Waals surface area contributed by atoms with Crippen LogP contribution in [0, 0.1) is 11.6 Å². The van der Waals surface area contributed by atoms with E-state index < -0.39 is 23.6 Å². The molecule has 0 heterocycles. The molecule has 0 radical (unpaired) electrons. The van der Waals surface area contributed by atoms with Gasteiger partial charge in [0.25, 0.3) is 0 Å². The van der Waals surface area contributed by atoms with E-state index in [4.69, 9.17) is 5.73 Å². The predicted molar refractivity (Wildman–Crippen MR) is 84.5 cm³/mol. The number of halogens is 2. The van der Waals surface area contributed by atoms with Gasteiger partial charge in [-0.3, -0.25) is 4.79 Å². The number of hydrogen-bond acceptors (Lipinski definition) is 3. The molecule has 1 unspecified atom stereocenters. The molecule has 0 saturated carbocycles. The molecule has 0 amide bonds. The smallest absolute Gasteiger partial charge is 0.322 e. The molecule has 1 atom stereocenters. The molecule has 0 aliphatic carbocycles. The zero-order valence-electron chi connectivity index (χ0n) is 12.6. The van der Waals surface area contributed by atoms with Gasteiger partial charge in [0.1, 0.15) is 17.7 Å². The average Bonchev–Trinajstić information content (AvgIpc) is 2.56. The summed E-state index contributed by atoms with van der Waals surface area (Å²) < 4.78 is 31.8. The highest BCUT2D eigenvalue weighted by Crippen LogP contribution is 2.27. The summed E-state index contributed by atoms with van der Waals surface area (Å²) in [5.74, 6) is -1.87. The minimum atomic E-state index is -0.845. The van der Waals surface area contributed by atoms with Gasteiger partial charge in [-0.1, -0.05) is 36.4 Å². The first-order valence-corrected chi connectivity index (χ1v) is 7.07. The third-order valence-corrected chi connectivity index (χ3v) is 3.39. The van der Waals surface area contributed by atoms with Crippen LogP contribution in [-0.2, 0) is 9.53 Å². The second-order valence-electron chi connectivity index (χ2n) is 4.97. The van der Waals surface area contributed by atoms with Crippen LogP contribution in [0.3, 0.4) is 0 Å². The first kappa shape index (κ1) is 16.8. The summed E-state index contributed by atoms with van der Waals surface area (Å²) in [6.45, 7) is 0. The highest BCUT2D eigenvalue weighted by molar-refractivity contribution is 5.81. The van der Waals surface area contributed by atoms with Gasteiger partial charge in [0.15, 0.2) is 0 Å². The molecular formula is C18H17F2NO2. The topological polar surface area (TPSA) is 52.3 Å². The van der Waals surface area contributed by atoms with E-state index in [-0.39, 0.29) is 12.0 Å². The first-order chi connectivity index (χ1) is 11.0. The van der Waals surface area contributed by atoms with Gasteiger partial charge < -0.3 is 10.5 Å². The third-order valence-electron chi connectivity index (χ3n) is 3.39. The van der Waals surface area contributed by atoms with Crippen molar-refractivity contribution in [2.24, 2.45) is 5.73 Å². The molecule has 2 aromatic rings. The lowest BCUT2D eigenvalue weighted by Gasteiger charge is -2.12. The van der Waals surface area contributed by atoms with Crippen molar-refractivity contribution in [3.8, 4) is 0 Å². The van der Waals surface area contributed by atoms with Gasteiger partial charge >= 0.3 is 5.97 Å². The summed E-state index contributed by atoms with van der Waals surface area (Å²) in [5, 5.41) is 0. The first-order valence-electron chi connectivity index (χ1n) is 7.07. The molecule has 120 valence electrons. The summed E-state index contributed by atoms with van der Waals surface area (Å²) in [7, 11) is 1.25. The van der Waals surface area contributed by atoms with E-state index in [9.17, 15) is 13.6 Å².